The average molecular weight is 363 g/mol. The van der Waals surface area contributed by atoms with Gasteiger partial charge in [-0.1, -0.05) is 43.7 Å². The normalized spacial score (nSPS) is 15.4. The molecule has 1 unspecified atom stereocenters. The van der Waals surface area contributed by atoms with Crippen molar-refractivity contribution in [2.24, 2.45) is 0 Å². The fourth-order valence-corrected chi connectivity index (χ4v) is 3.97. The number of ether oxygens (including phenoxy) is 1. The Morgan fingerprint density at radius 3 is 2.70 bits per heavy atom. The van der Waals surface area contributed by atoms with Crippen LogP contribution in [0.3, 0.4) is 0 Å². The highest BCUT2D eigenvalue weighted by molar-refractivity contribution is 5.86. The summed E-state index contributed by atoms with van der Waals surface area (Å²) >= 11 is 0. The fourth-order valence-electron chi connectivity index (χ4n) is 3.97. The molecule has 0 saturated carbocycles. The van der Waals surface area contributed by atoms with Crippen molar-refractivity contribution in [1.29, 1.82) is 0 Å². The molecular formula is C23H25NO3. The van der Waals surface area contributed by atoms with Crippen LogP contribution in [-0.2, 0) is 13.0 Å². The molecule has 0 N–H and O–H groups in total. The van der Waals surface area contributed by atoms with Crippen LogP contribution in [0.5, 0.6) is 5.75 Å². The van der Waals surface area contributed by atoms with Gasteiger partial charge < -0.3 is 9.15 Å². The Bertz CT molecular complexity index is 1020. The van der Waals surface area contributed by atoms with Crippen LogP contribution >= 0.6 is 0 Å². The largest absolute Gasteiger partial charge is 0.477 e. The second-order valence-corrected chi connectivity index (χ2v) is 7.31. The van der Waals surface area contributed by atoms with Gasteiger partial charge in [0.15, 0.2) is 0 Å². The van der Waals surface area contributed by atoms with Gasteiger partial charge in [0.25, 0.3) is 0 Å². The molecule has 2 aromatic carbocycles. The van der Waals surface area contributed by atoms with Crippen molar-refractivity contribution < 1.29 is 9.15 Å². The van der Waals surface area contributed by atoms with Gasteiger partial charge in [-0.3, -0.25) is 4.90 Å². The predicted octanol–water partition coefficient (Wildman–Crippen LogP) is 4.97. The summed E-state index contributed by atoms with van der Waals surface area (Å²) in [5.74, 6) is 0.857. The quantitative estimate of drug-likeness (QED) is 0.614. The van der Waals surface area contributed by atoms with E-state index in [1.54, 1.807) is 6.07 Å². The first-order valence-corrected chi connectivity index (χ1v) is 9.59. The highest BCUT2D eigenvalue weighted by Gasteiger charge is 2.26. The van der Waals surface area contributed by atoms with E-state index in [-0.39, 0.29) is 11.7 Å². The lowest BCUT2D eigenvalue weighted by Crippen LogP contribution is -2.34. The Morgan fingerprint density at radius 2 is 1.96 bits per heavy atom. The maximum Gasteiger partial charge on any atom is 0.336 e. The summed E-state index contributed by atoms with van der Waals surface area (Å²) < 4.78 is 11.7. The zero-order chi connectivity index (χ0) is 19.0. The third kappa shape index (κ3) is 3.26. The Balaban J connectivity index is 1.76. The van der Waals surface area contributed by atoms with Gasteiger partial charge in [0.1, 0.15) is 18.1 Å². The maximum atomic E-state index is 12.0. The van der Waals surface area contributed by atoms with Gasteiger partial charge >= 0.3 is 5.63 Å². The molecule has 4 rings (SSSR count). The molecule has 0 saturated heterocycles. The van der Waals surface area contributed by atoms with E-state index in [9.17, 15) is 4.79 Å². The lowest BCUT2D eigenvalue weighted by molar-refractivity contribution is 0.0613. The molecule has 1 aromatic heterocycles. The lowest BCUT2D eigenvalue weighted by atomic mass is 9.98. The smallest absolute Gasteiger partial charge is 0.336 e. The minimum absolute atomic E-state index is 0.263. The number of aryl methyl sites for hydroxylation is 2. The van der Waals surface area contributed by atoms with E-state index in [4.69, 9.17) is 9.15 Å². The first kappa shape index (κ1) is 17.8. The number of hydrogen-bond donors (Lipinski definition) is 0. The van der Waals surface area contributed by atoms with E-state index in [0.717, 1.165) is 47.2 Å². The van der Waals surface area contributed by atoms with Gasteiger partial charge in [0, 0.05) is 35.2 Å². The van der Waals surface area contributed by atoms with Crippen LogP contribution in [0.2, 0.25) is 0 Å². The highest BCUT2D eigenvalue weighted by atomic mass is 16.5. The summed E-state index contributed by atoms with van der Waals surface area (Å²) in [5.41, 5.74) is 4.78. The summed E-state index contributed by atoms with van der Waals surface area (Å²) in [4.78, 5) is 14.3. The molecule has 140 valence electrons. The topological polar surface area (TPSA) is 42.7 Å². The SMILES string of the molecule is CCCc1cc(=O)oc2c(C)c3c(cc12)CN(C(C)c1ccccc1)CO3. The fraction of sp³-hybridized carbons (Fsp3) is 0.348. The van der Waals surface area contributed by atoms with Crippen molar-refractivity contribution in [2.45, 2.75) is 46.2 Å². The van der Waals surface area contributed by atoms with E-state index < -0.39 is 0 Å². The van der Waals surface area contributed by atoms with Crippen LogP contribution in [0.25, 0.3) is 11.0 Å². The molecule has 0 amide bonds. The van der Waals surface area contributed by atoms with Gasteiger partial charge in [-0.25, -0.2) is 4.79 Å². The zero-order valence-corrected chi connectivity index (χ0v) is 16.1. The number of fused-ring (bicyclic) bond motifs is 2. The molecule has 0 radical (unpaired) electrons. The first-order chi connectivity index (χ1) is 13.1. The van der Waals surface area contributed by atoms with Crippen molar-refractivity contribution in [2.75, 3.05) is 6.73 Å². The van der Waals surface area contributed by atoms with E-state index in [2.05, 4.69) is 49.1 Å². The zero-order valence-electron chi connectivity index (χ0n) is 16.1. The Labute approximate surface area is 159 Å². The van der Waals surface area contributed by atoms with Crippen LogP contribution in [0.4, 0.5) is 0 Å². The third-order valence-corrected chi connectivity index (χ3v) is 5.47. The average Bonchev–Trinajstić information content (AvgIpc) is 2.69. The molecule has 2 heterocycles. The summed E-state index contributed by atoms with van der Waals surface area (Å²) in [5, 5.41) is 1.03. The van der Waals surface area contributed by atoms with Crippen LogP contribution in [0, 0.1) is 6.92 Å². The molecule has 0 fully saturated rings. The summed E-state index contributed by atoms with van der Waals surface area (Å²) in [6.45, 7) is 7.65. The van der Waals surface area contributed by atoms with E-state index in [1.807, 2.05) is 13.0 Å². The van der Waals surface area contributed by atoms with Crippen molar-refractivity contribution in [1.82, 2.24) is 4.90 Å². The molecule has 0 aliphatic carbocycles. The number of hydrogen-bond acceptors (Lipinski definition) is 4. The van der Waals surface area contributed by atoms with Crippen LogP contribution in [0.15, 0.2) is 51.7 Å². The standard InChI is InChI=1S/C23H25NO3/c1-4-8-18-12-21(25)27-23-15(2)22-19(11-20(18)23)13-24(14-26-22)16(3)17-9-6-5-7-10-17/h5-7,9-12,16H,4,8,13-14H2,1-3H3. The van der Waals surface area contributed by atoms with Gasteiger partial charge in [-0.05, 0) is 37.5 Å². The highest BCUT2D eigenvalue weighted by Crippen LogP contribution is 2.37. The molecule has 4 heteroatoms. The summed E-state index contributed by atoms with van der Waals surface area (Å²) in [6, 6.07) is 14.5. The second kappa shape index (κ2) is 7.20. The Kier molecular flexibility index (Phi) is 4.75. The molecule has 0 spiro atoms. The van der Waals surface area contributed by atoms with Crippen LogP contribution < -0.4 is 10.4 Å². The van der Waals surface area contributed by atoms with E-state index in [1.165, 1.54) is 5.56 Å². The third-order valence-electron chi connectivity index (χ3n) is 5.47. The minimum Gasteiger partial charge on any atom is -0.477 e. The van der Waals surface area contributed by atoms with Gasteiger partial charge in [0.2, 0.25) is 0 Å². The maximum absolute atomic E-state index is 12.0. The van der Waals surface area contributed by atoms with Gasteiger partial charge in [-0.15, -0.1) is 0 Å². The molecule has 3 aromatic rings. The van der Waals surface area contributed by atoms with Crippen LogP contribution in [0.1, 0.15) is 48.6 Å². The summed E-state index contributed by atoms with van der Waals surface area (Å²) in [6.07, 6.45) is 1.85. The van der Waals surface area contributed by atoms with Crippen molar-refractivity contribution in [3.63, 3.8) is 0 Å². The Morgan fingerprint density at radius 1 is 1.19 bits per heavy atom. The second-order valence-electron chi connectivity index (χ2n) is 7.31. The molecule has 27 heavy (non-hydrogen) atoms. The van der Waals surface area contributed by atoms with E-state index >= 15 is 0 Å². The Hall–Kier alpha value is -2.59. The predicted molar refractivity (Wildman–Crippen MR) is 107 cm³/mol. The molecule has 1 aliphatic heterocycles. The van der Waals surface area contributed by atoms with Gasteiger partial charge in [-0.2, -0.15) is 0 Å². The van der Waals surface area contributed by atoms with Crippen LogP contribution in [-0.4, -0.2) is 11.6 Å². The number of benzene rings is 2. The molecule has 1 aliphatic rings. The molecule has 1 atom stereocenters. The van der Waals surface area contributed by atoms with Gasteiger partial charge in [0.05, 0.1) is 0 Å². The van der Waals surface area contributed by atoms with E-state index in [0.29, 0.717) is 12.3 Å². The minimum atomic E-state index is -0.288. The number of rotatable bonds is 4. The monoisotopic (exact) mass is 363 g/mol. The summed E-state index contributed by atoms with van der Waals surface area (Å²) in [7, 11) is 0. The molecule has 4 nitrogen and oxygen atoms in total. The van der Waals surface area contributed by atoms with Crippen molar-refractivity contribution in [3.05, 3.63) is 75.1 Å². The molecular weight excluding hydrogens is 338 g/mol. The van der Waals surface area contributed by atoms with Crippen molar-refractivity contribution >= 4 is 11.0 Å². The lowest BCUT2D eigenvalue weighted by Gasteiger charge is -2.34. The first-order valence-electron chi connectivity index (χ1n) is 9.59. The number of nitrogens with zero attached hydrogens (tertiary/aromatic N) is 1. The van der Waals surface area contributed by atoms with Crippen molar-refractivity contribution in [3.8, 4) is 5.75 Å². The molecule has 0 bridgehead atoms.